The number of para-hydroxylation sites is 1. The number of sulfonamides is 1. The lowest BCUT2D eigenvalue weighted by Gasteiger charge is -2.25. The summed E-state index contributed by atoms with van der Waals surface area (Å²) in [6.45, 7) is 3.79. The van der Waals surface area contributed by atoms with E-state index in [-0.39, 0.29) is 12.3 Å². The van der Waals surface area contributed by atoms with Gasteiger partial charge in [0.25, 0.3) is 0 Å². The van der Waals surface area contributed by atoms with E-state index in [1.54, 1.807) is 0 Å². The maximum Gasteiger partial charge on any atom is 0.208 e. The predicted octanol–water partition coefficient (Wildman–Crippen LogP) is 5.05. The minimum atomic E-state index is -3.21. The molecule has 34 heavy (non-hydrogen) atoms. The van der Waals surface area contributed by atoms with Crippen LogP contribution in [0.3, 0.4) is 0 Å². The molecule has 2 aromatic carbocycles. The van der Waals surface area contributed by atoms with E-state index >= 15 is 0 Å². The SMILES string of the molecule is C[C@@H](C[C@H]1CC[C@@H](c2ccc(C(=O)CCCNS(C)(=O)=O)cc2)C1)c1cccc2c1OCCO2. The molecule has 1 aliphatic heterocycles. The van der Waals surface area contributed by atoms with Gasteiger partial charge in [0.05, 0.1) is 6.26 Å². The number of ketones is 1. The van der Waals surface area contributed by atoms with Crippen LogP contribution in [-0.4, -0.2) is 40.2 Å². The number of Topliss-reactive ketones (excluding diaryl/α,β-unsaturated/α-hetero) is 1. The Morgan fingerprint density at radius 1 is 1.09 bits per heavy atom. The highest BCUT2D eigenvalue weighted by Gasteiger charge is 2.29. The van der Waals surface area contributed by atoms with Crippen LogP contribution in [0, 0.1) is 5.92 Å². The van der Waals surface area contributed by atoms with Crippen molar-refractivity contribution in [3.8, 4) is 11.5 Å². The maximum absolute atomic E-state index is 12.4. The number of hydrogen-bond donors (Lipinski definition) is 1. The third kappa shape index (κ3) is 6.39. The molecular formula is C27H35NO5S. The Labute approximate surface area is 203 Å². The number of benzene rings is 2. The van der Waals surface area contributed by atoms with Gasteiger partial charge >= 0.3 is 0 Å². The summed E-state index contributed by atoms with van der Waals surface area (Å²) in [5.74, 6) is 3.45. The van der Waals surface area contributed by atoms with Crippen molar-refractivity contribution in [2.45, 2.75) is 57.3 Å². The van der Waals surface area contributed by atoms with Crippen LogP contribution in [0.15, 0.2) is 42.5 Å². The minimum Gasteiger partial charge on any atom is -0.486 e. The zero-order valence-electron chi connectivity index (χ0n) is 20.1. The van der Waals surface area contributed by atoms with Gasteiger partial charge in [-0.3, -0.25) is 4.79 Å². The molecule has 3 atom stereocenters. The number of nitrogens with one attached hydrogen (secondary N) is 1. The van der Waals surface area contributed by atoms with E-state index in [0.717, 1.165) is 24.2 Å². The third-order valence-corrected chi connectivity index (χ3v) is 7.73. The monoisotopic (exact) mass is 485 g/mol. The molecule has 2 aromatic rings. The van der Waals surface area contributed by atoms with Crippen LogP contribution in [-0.2, 0) is 10.0 Å². The molecule has 0 bridgehead atoms. The van der Waals surface area contributed by atoms with E-state index in [0.29, 0.717) is 49.4 Å². The van der Waals surface area contributed by atoms with Crippen LogP contribution in [0.2, 0.25) is 0 Å². The summed E-state index contributed by atoms with van der Waals surface area (Å²) in [4.78, 5) is 12.4. The van der Waals surface area contributed by atoms with Crippen LogP contribution in [0.4, 0.5) is 0 Å². The van der Waals surface area contributed by atoms with Crippen LogP contribution >= 0.6 is 0 Å². The van der Waals surface area contributed by atoms with Gasteiger partial charge in [0.15, 0.2) is 17.3 Å². The fraction of sp³-hybridized carbons (Fsp3) is 0.519. The number of hydrogen-bond acceptors (Lipinski definition) is 5. The Morgan fingerprint density at radius 3 is 2.62 bits per heavy atom. The lowest BCUT2D eigenvalue weighted by atomic mass is 9.87. The second-order valence-electron chi connectivity index (χ2n) is 9.70. The molecule has 1 N–H and O–H groups in total. The van der Waals surface area contributed by atoms with Crippen molar-refractivity contribution in [2.24, 2.45) is 5.92 Å². The molecule has 1 saturated carbocycles. The smallest absolute Gasteiger partial charge is 0.208 e. The first-order valence-electron chi connectivity index (χ1n) is 12.3. The van der Waals surface area contributed by atoms with Crippen molar-refractivity contribution < 1.29 is 22.7 Å². The molecule has 0 saturated heterocycles. The summed E-state index contributed by atoms with van der Waals surface area (Å²) in [5.41, 5.74) is 3.25. The molecule has 0 amide bonds. The van der Waals surface area contributed by atoms with E-state index in [9.17, 15) is 13.2 Å². The molecule has 0 radical (unpaired) electrons. The summed E-state index contributed by atoms with van der Waals surface area (Å²) in [5, 5.41) is 0. The molecule has 6 nitrogen and oxygen atoms in total. The molecule has 0 spiro atoms. The van der Waals surface area contributed by atoms with Gasteiger partial charge in [0, 0.05) is 24.1 Å². The van der Waals surface area contributed by atoms with Gasteiger partial charge in [-0.25, -0.2) is 13.1 Å². The summed E-state index contributed by atoms with van der Waals surface area (Å²) < 4.78 is 36.3. The summed E-state index contributed by atoms with van der Waals surface area (Å²) in [6.07, 6.45) is 6.65. The van der Waals surface area contributed by atoms with Gasteiger partial charge in [0.1, 0.15) is 13.2 Å². The number of carbonyl (C=O) groups excluding carboxylic acids is 1. The number of fused-ring (bicyclic) bond motifs is 1. The lowest BCUT2D eigenvalue weighted by Crippen LogP contribution is -2.23. The molecule has 4 rings (SSSR count). The number of carbonyl (C=O) groups is 1. The molecule has 0 unspecified atom stereocenters. The van der Waals surface area contributed by atoms with E-state index < -0.39 is 10.0 Å². The van der Waals surface area contributed by atoms with Crippen molar-refractivity contribution >= 4 is 15.8 Å². The first-order valence-corrected chi connectivity index (χ1v) is 14.2. The van der Waals surface area contributed by atoms with Gasteiger partial charge in [0.2, 0.25) is 10.0 Å². The van der Waals surface area contributed by atoms with Crippen molar-refractivity contribution in [3.63, 3.8) is 0 Å². The molecular weight excluding hydrogens is 450 g/mol. The van der Waals surface area contributed by atoms with Gasteiger partial charge in [-0.1, -0.05) is 43.3 Å². The summed E-state index contributed by atoms with van der Waals surface area (Å²) in [6, 6.07) is 14.2. The molecule has 1 fully saturated rings. The van der Waals surface area contributed by atoms with E-state index in [1.807, 2.05) is 18.2 Å². The number of rotatable bonds is 10. The van der Waals surface area contributed by atoms with Crippen LogP contribution in [0.5, 0.6) is 11.5 Å². The van der Waals surface area contributed by atoms with Gasteiger partial charge in [-0.2, -0.15) is 0 Å². The Kier molecular flexibility index (Phi) is 7.94. The first kappa shape index (κ1) is 24.7. The van der Waals surface area contributed by atoms with Crippen LogP contribution < -0.4 is 14.2 Å². The fourth-order valence-electron chi connectivity index (χ4n) is 5.30. The zero-order valence-corrected chi connectivity index (χ0v) is 20.9. The van der Waals surface area contributed by atoms with Crippen LogP contribution in [0.25, 0.3) is 0 Å². The molecule has 7 heteroatoms. The molecule has 0 aromatic heterocycles. The Morgan fingerprint density at radius 2 is 1.85 bits per heavy atom. The Balaban J connectivity index is 1.28. The first-order chi connectivity index (χ1) is 16.3. The summed E-state index contributed by atoms with van der Waals surface area (Å²) in [7, 11) is -3.21. The Hall–Kier alpha value is -2.38. The normalized spacial score (nSPS) is 20.8. The second kappa shape index (κ2) is 10.9. The van der Waals surface area contributed by atoms with E-state index in [1.165, 1.54) is 30.4 Å². The van der Waals surface area contributed by atoms with Gasteiger partial charge in [-0.15, -0.1) is 0 Å². The van der Waals surface area contributed by atoms with Gasteiger partial charge in [-0.05, 0) is 61.5 Å². The van der Waals surface area contributed by atoms with Crippen molar-refractivity contribution in [1.29, 1.82) is 0 Å². The minimum absolute atomic E-state index is 0.0531. The fourth-order valence-corrected chi connectivity index (χ4v) is 5.81. The topological polar surface area (TPSA) is 81.7 Å². The maximum atomic E-state index is 12.4. The zero-order chi connectivity index (χ0) is 24.1. The second-order valence-corrected chi connectivity index (χ2v) is 11.5. The van der Waals surface area contributed by atoms with Gasteiger partial charge < -0.3 is 9.47 Å². The largest absolute Gasteiger partial charge is 0.486 e. The molecule has 2 aliphatic rings. The van der Waals surface area contributed by atoms with E-state index in [4.69, 9.17) is 9.47 Å². The average Bonchev–Trinajstić information content (AvgIpc) is 3.29. The van der Waals surface area contributed by atoms with E-state index in [2.05, 4.69) is 35.9 Å². The highest BCUT2D eigenvalue weighted by Crippen LogP contribution is 2.45. The standard InChI is InChI=1S/C27H35NO5S/c1-19(24-5-3-7-26-27(24)33-16-15-32-26)17-20-8-9-23(18-20)21-10-12-22(13-11-21)25(29)6-4-14-28-34(2,30)31/h3,5,7,10-13,19-20,23,28H,4,6,8-9,14-18H2,1-2H3/t19-,20+,23+/m0/s1. The predicted molar refractivity (Wildman–Crippen MR) is 133 cm³/mol. The average molecular weight is 486 g/mol. The molecule has 184 valence electrons. The van der Waals surface area contributed by atoms with Crippen molar-refractivity contribution in [3.05, 3.63) is 59.2 Å². The summed E-state index contributed by atoms with van der Waals surface area (Å²) >= 11 is 0. The third-order valence-electron chi connectivity index (χ3n) is 7.00. The molecule has 1 heterocycles. The van der Waals surface area contributed by atoms with Crippen molar-refractivity contribution in [1.82, 2.24) is 4.72 Å². The van der Waals surface area contributed by atoms with Crippen LogP contribution in [0.1, 0.15) is 78.8 Å². The Bertz CT molecular complexity index is 1100. The van der Waals surface area contributed by atoms with Crippen molar-refractivity contribution in [2.75, 3.05) is 26.0 Å². The number of ether oxygens (including phenoxy) is 2. The highest BCUT2D eigenvalue weighted by atomic mass is 32.2. The quantitative estimate of drug-likeness (QED) is 0.376. The lowest BCUT2D eigenvalue weighted by molar-refractivity contribution is 0.0980. The molecule has 1 aliphatic carbocycles. The highest BCUT2D eigenvalue weighted by molar-refractivity contribution is 7.88.